The molecule has 1 saturated heterocycles. The van der Waals surface area contributed by atoms with Gasteiger partial charge in [-0.25, -0.2) is 0 Å². The van der Waals surface area contributed by atoms with Crippen molar-refractivity contribution in [1.82, 2.24) is 4.90 Å². The first kappa shape index (κ1) is 15.1. The quantitative estimate of drug-likeness (QED) is 0.715. The Morgan fingerprint density at radius 2 is 2.06 bits per heavy atom. The number of methoxy groups -OCH3 is 1. The molecule has 0 bridgehead atoms. The molecule has 1 N–H and O–H groups in total. The highest BCUT2D eigenvalue weighted by molar-refractivity contribution is 6.06. The van der Waals surface area contributed by atoms with E-state index in [0.29, 0.717) is 6.42 Å². The zero-order valence-corrected chi connectivity index (χ0v) is 11.6. The Morgan fingerprint density at radius 3 is 2.44 bits per heavy atom. The topological polar surface area (TPSA) is 66.8 Å². The second-order valence-corrected chi connectivity index (χ2v) is 5.44. The number of ether oxygens (including phenoxy) is 1. The summed E-state index contributed by atoms with van der Waals surface area (Å²) in [5.41, 5.74) is -0.626. The molecular formula is C13H23NO4. The van der Waals surface area contributed by atoms with Crippen molar-refractivity contribution in [2.24, 2.45) is 11.3 Å². The van der Waals surface area contributed by atoms with Crippen LogP contribution in [0.5, 0.6) is 0 Å². The smallest absolute Gasteiger partial charge is 0.236 e. The highest BCUT2D eigenvalue weighted by Gasteiger charge is 2.51. The third-order valence-corrected chi connectivity index (χ3v) is 3.96. The van der Waals surface area contributed by atoms with Gasteiger partial charge in [0.1, 0.15) is 0 Å². The molecule has 1 fully saturated rings. The van der Waals surface area contributed by atoms with Crippen molar-refractivity contribution in [3.63, 3.8) is 0 Å². The fourth-order valence-corrected chi connectivity index (χ4v) is 2.31. The molecule has 1 aliphatic rings. The van der Waals surface area contributed by atoms with Crippen molar-refractivity contribution in [2.75, 3.05) is 20.3 Å². The van der Waals surface area contributed by atoms with Gasteiger partial charge in [-0.1, -0.05) is 13.8 Å². The highest BCUT2D eigenvalue weighted by Crippen LogP contribution is 2.40. The van der Waals surface area contributed by atoms with E-state index in [4.69, 9.17) is 9.84 Å². The summed E-state index contributed by atoms with van der Waals surface area (Å²) in [4.78, 5) is 25.8. The van der Waals surface area contributed by atoms with E-state index >= 15 is 0 Å². The predicted molar refractivity (Wildman–Crippen MR) is 66.8 cm³/mol. The van der Waals surface area contributed by atoms with Crippen molar-refractivity contribution < 1.29 is 19.4 Å². The summed E-state index contributed by atoms with van der Waals surface area (Å²) in [6.07, 6.45) is 0.606. The number of hydrogen-bond donors (Lipinski definition) is 1. The number of aliphatic hydroxyl groups excluding tert-OH is 1. The summed E-state index contributed by atoms with van der Waals surface area (Å²) in [6.45, 7) is 5.94. The lowest BCUT2D eigenvalue weighted by molar-refractivity contribution is -0.146. The van der Waals surface area contributed by atoms with Crippen LogP contribution in [0.3, 0.4) is 0 Å². The molecule has 5 nitrogen and oxygen atoms in total. The molecule has 0 aliphatic carbocycles. The molecule has 0 aromatic heterocycles. The Labute approximate surface area is 108 Å². The Balaban J connectivity index is 2.95. The van der Waals surface area contributed by atoms with Crippen molar-refractivity contribution >= 4 is 11.8 Å². The highest BCUT2D eigenvalue weighted by atomic mass is 16.5. The first-order valence-corrected chi connectivity index (χ1v) is 6.34. The van der Waals surface area contributed by atoms with E-state index in [1.54, 1.807) is 0 Å². The minimum absolute atomic E-state index is 0.0660. The lowest BCUT2D eigenvalue weighted by atomic mass is 9.78. The van der Waals surface area contributed by atoms with Gasteiger partial charge in [0.2, 0.25) is 11.8 Å². The van der Waals surface area contributed by atoms with Crippen LogP contribution < -0.4 is 0 Å². The molecule has 104 valence electrons. The van der Waals surface area contributed by atoms with Gasteiger partial charge >= 0.3 is 0 Å². The van der Waals surface area contributed by atoms with E-state index < -0.39 is 5.41 Å². The number of hydrogen-bond acceptors (Lipinski definition) is 4. The van der Waals surface area contributed by atoms with Gasteiger partial charge in [0.05, 0.1) is 18.1 Å². The third-order valence-electron chi connectivity index (χ3n) is 3.96. The lowest BCUT2D eigenvalue weighted by Crippen LogP contribution is -2.45. The summed E-state index contributed by atoms with van der Waals surface area (Å²) in [5, 5.41) is 9.03. The van der Waals surface area contributed by atoms with Gasteiger partial charge in [0.15, 0.2) is 0 Å². The predicted octanol–water partition coefficient (Wildman–Crippen LogP) is 0.805. The van der Waals surface area contributed by atoms with Crippen LogP contribution in [0.15, 0.2) is 0 Å². The van der Waals surface area contributed by atoms with Crippen LogP contribution in [0.25, 0.3) is 0 Å². The summed E-state index contributed by atoms with van der Waals surface area (Å²) in [7, 11) is 1.52. The Hall–Kier alpha value is -0.940. The molecule has 0 radical (unpaired) electrons. The SMILES string of the molecule is COCC(CCO)N1C(=O)CC(C)(C(C)C)C1=O. The number of likely N-dealkylation sites (tertiary alicyclic amines) is 1. The van der Waals surface area contributed by atoms with Crippen LogP contribution >= 0.6 is 0 Å². The van der Waals surface area contributed by atoms with Crippen LogP contribution in [-0.2, 0) is 14.3 Å². The number of amides is 2. The number of carbonyl (C=O) groups excluding carboxylic acids is 2. The van der Waals surface area contributed by atoms with Gasteiger partial charge in [0.25, 0.3) is 0 Å². The molecule has 0 aromatic rings. The number of nitrogens with zero attached hydrogens (tertiary/aromatic N) is 1. The average molecular weight is 257 g/mol. The van der Waals surface area contributed by atoms with E-state index in [9.17, 15) is 9.59 Å². The second kappa shape index (κ2) is 5.80. The van der Waals surface area contributed by atoms with Gasteiger partial charge in [-0.15, -0.1) is 0 Å². The van der Waals surface area contributed by atoms with Gasteiger partial charge < -0.3 is 9.84 Å². The van der Waals surface area contributed by atoms with Crippen molar-refractivity contribution in [1.29, 1.82) is 0 Å². The molecule has 0 saturated carbocycles. The van der Waals surface area contributed by atoms with E-state index in [0.717, 1.165) is 0 Å². The number of rotatable bonds is 6. The standard InChI is InChI=1S/C13H23NO4/c1-9(2)13(3)7-11(16)14(12(13)17)10(5-6-15)8-18-4/h9-10,15H,5-8H2,1-4H3. The molecular weight excluding hydrogens is 234 g/mol. The fraction of sp³-hybridized carbons (Fsp3) is 0.846. The number of carbonyl (C=O) groups is 2. The van der Waals surface area contributed by atoms with Crippen molar-refractivity contribution in [3.8, 4) is 0 Å². The Morgan fingerprint density at radius 1 is 1.44 bits per heavy atom. The zero-order valence-electron chi connectivity index (χ0n) is 11.6. The van der Waals surface area contributed by atoms with Crippen LogP contribution in [0.1, 0.15) is 33.6 Å². The van der Waals surface area contributed by atoms with Crippen LogP contribution in [-0.4, -0.2) is 48.2 Å². The Kier molecular flexibility index (Phi) is 4.87. The normalized spacial score (nSPS) is 26.2. The largest absolute Gasteiger partial charge is 0.396 e. The molecule has 0 aromatic carbocycles. The summed E-state index contributed by atoms with van der Waals surface area (Å²) < 4.78 is 5.04. The summed E-state index contributed by atoms with van der Waals surface area (Å²) in [6, 6.07) is -0.361. The number of aliphatic hydroxyl groups is 1. The molecule has 0 spiro atoms. The van der Waals surface area contributed by atoms with Gasteiger partial charge in [-0.05, 0) is 19.3 Å². The third kappa shape index (κ3) is 2.57. The van der Waals surface area contributed by atoms with Crippen LogP contribution in [0, 0.1) is 11.3 Å². The second-order valence-electron chi connectivity index (χ2n) is 5.44. The maximum Gasteiger partial charge on any atom is 0.236 e. The fourth-order valence-electron chi connectivity index (χ4n) is 2.31. The van der Waals surface area contributed by atoms with Crippen molar-refractivity contribution in [3.05, 3.63) is 0 Å². The number of imide groups is 1. The van der Waals surface area contributed by atoms with Gasteiger partial charge in [0, 0.05) is 20.1 Å². The molecule has 5 heteroatoms. The minimum atomic E-state index is -0.626. The molecule has 18 heavy (non-hydrogen) atoms. The maximum atomic E-state index is 12.4. The average Bonchev–Trinajstić information content (AvgIpc) is 2.51. The van der Waals surface area contributed by atoms with Crippen LogP contribution in [0.4, 0.5) is 0 Å². The zero-order chi connectivity index (χ0) is 13.9. The summed E-state index contributed by atoms with van der Waals surface area (Å²) >= 11 is 0. The van der Waals surface area contributed by atoms with E-state index in [-0.39, 0.29) is 43.4 Å². The Bertz CT molecular complexity index is 323. The monoisotopic (exact) mass is 257 g/mol. The molecule has 1 aliphatic heterocycles. The van der Waals surface area contributed by atoms with Gasteiger partial charge in [-0.2, -0.15) is 0 Å². The van der Waals surface area contributed by atoms with Crippen LogP contribution in [0.2, 0.25) is 0 Å². The van der Waals surface area contributed by atoms with E-state index in [1.807, 2.05) is 20.8 Å². The first-order chi connectivity index (χ1) is 8.38. The van der Waals surface area contributed by atoms with E-state index in [2.05, 4.69) is 0 Å². The first-order valence-electron chi connectivity index (χ1n) is 6.34. The molecule has 2 unspecified atom stereocenters. The maximum absolute atomic E-state index is 12.4. The minimum Gasteiger partial charge on any atom is -0.396 e. The molecule has 1 heterocycles. The van der Waals surface area contributed by atoms with Crippen molar-refractivity contribution in [2.45, 2.75) is 39.7 Å². The van der Waals surface area contributed by atoms with Gasteiger partial charge in [-0.3, -0.25) is 14.5 Å². The lowest BCUT2D eigenvalue weighted by Gasteiger charge is -2.29. The molecule has 2 atom stereocenters. The molecule has 2 amide bonds. The molecule has 1 rings (SSSR count). The van der Waals surface area contributed by atoms with E-state index in [1.165, 1.54) is 12.0 Å². The summed E-state index contributed by atoms with van der Waals surface area (Å²) in [5.74, 6) is -0.194.